The summed E-state index contributed by atoms with van der Waals surface area (Å²) in [7, 11) is 1.57. The Hall–Kier alpha value is -2.21. The van der Waals surface area contributed by atoms with Gasteiger partial charge in [-0.15, -0.1) is 0 Å². The lowest BCUT2D eigenvalue weighted by Gasteiger charge is -2.13. The van der Waals surface area contributed by atoms with Crippen molar-refractivity contribution in [3.05, 3.63) is 64.3 Å². The van der Waals surface area contributed by atoms with Crippen LogP contribution in [-0.4, -0.2) is 12.1 Å². The van der Waals surface area contributed by atoms with Gasteiger partial charge in [-0.2, -0.15) is 0 Å². The number of aromatic nitrogens is 1. The van der Waals surface area contributed by atoms with E-state index >= 15 is 0 Å². The maximum absolute atomic E-state index is 13.9. The first-order chi connectivity index (χ1) is 11.1. The second kappa shape index (κ2) is 6.50. The van der Waals surface area contributed by atoms with Gasteiger partial charge in [-0.05, 0) is 30.3 Å². The molecule has 1 N–H and O–H groups in total. The molecule has 0 saturated heterocycles. The van der Waals surface area contributed by atoms with Gasteiger partial charge in [0.05, 0.1) is 18.0 Å². The minimum absolute atomic E-state index is 0.0160. The topological polar surface area (TPSA) is 34.1 Å². The van der Waals surface area contributed by atoms with Crippen molar-refractivity contribution in [2.45, 2.75) is 6.54 Å². The summed E-state index contributed by atoms with van der Waals surface area (Å²) in [4.78, 5) is 4.28. The van der Waals surface area contributed by atoms with Crippen LogP contribution in [0.3, 0.4) is 0 Å². The Bertz CT molecular complexity index is 842. The van der Waals surface area contributed by atoms with Gasteiger partial charge >= 0.3 is 0 Å². The second-order valence-electron chi connectivity index (χ2n) is 4.91. The number of benzene rings is 2. The van der Waals surface area contributed by atoms with Crippen LogP contribution in [0.1, 0.15) is 5.56 Å². The highest BCUT2D eigenvalue weighted by molar-refractivity contribution is 9.10. The Morgan fingerprint density at radius 3 is 2.61 bits per heavy atom. The van der Waals surface area contributed by atoms with Crippen molar-refractivity contribution in [2.75, 3.05) is 12.4 Å². The molecule has 0 aliphatic heterocycles. The van der Waals surface area contributed by atoms with Crippen LogP contribution in [0.15, 0.2) is 47.1 Å². The first kappa shape index (κ1) is 15.7. The number of hydrogen-bond donors (Lipinski definition) is 1. The van der Waals surface area contributed by atoms with Crippen molar-refractivity contribution < 1.29 is 13.5 Å². The standard InChI is InChI=1S/C17H13BrF2N2O/c1-23-16-4-2-3-14-17(16)15(5-6-21-14)22-9-11-12(19)7-10(18)8-13(11)20/h2-8H,9H2,1H3,(H,21,22). The smallest absolute Gasteiger partial charge is 0.132 e. The summed E-state index contributed by atoms with van der Waals surface area (Å²) in [6.07, 6.45) is 1.64. The van der Waals surface area contributed by atoms with E-state index in [1.54, 1.807) is 19.4 Å². The number of fused-ring (bicyclic) bond motifs is 1. The summed E-state index contributed by atoms with van der Waals surface area (Å²) in [6, 6.07) is 9.74. The molecule has 3 rings (SSSR count). The number of anilines is 1. The molecule has 1 aromatic heterocycles. The highest BCUT2D eigenvalue weighted by Gasteiger charge is 2.12. The number of pyridine rings is 1. The summed E-state index contributed by atoms with van der Waals surface area (Å²) >= 11 is 3.07. The molecule has 0 bridgehead atoms. The zero-order chi connectivity index (χ0) is 16.4. The maximum atomic E-state index is 13.9. The summed E-state index contributed by atoms with van der Waals surface area (Å²) in [5.41, 5.74) is 1.42. The molecule has 0 amide bonds. The van der Waals surface area contributed by atoms with E-state index in [-0.39, 0.29) is 12.1 Å². The highest BCUT2D eigenvalue weighted by Crippen LogP contribution is 2.31. The number of hydrogen-bond acceptors (Lipinski definition) is 3. The third-order valence-corrected chi connectivity index (χ3v) is 3.97. The Kier molecular flexibility index (Phi) is 4.43. The molecule has 0 aliphatic rings. The SMILES string of the molecule is COc1cccc2nccc(NCc3c(F)cc(Br)cc3F)c12. The normalized spacial score (nSPS) is 10.8. The lowest BCUT2D eigenvalue weighted by molar-refractivity contribution is 0.420. The van der Waals surface area contributed by atoms with E-state index in [0.717, 1.165) is 10.9 Å². The van der Waals surface area contributed by atoms with Gasteiger partial charge in [-0.1, -0.05) is 22.0 Å². The highest BCUT2D eigenvalue weighted by atomic mass is 79.9. The van der Waals surface area contributed by atoms with E-state index < -0.39 is 11.6 Å². The van der Waals surface area contributed by atoms with Gasteiger partial charge in [0.15, 0.2) is 0 Å². The molecule has 3 aromatic rings. The average Bonchev–Trinajstić information content (AvgIpc) is 2.53. The lowest BCUT2D eigenvalue weighted by Crippen LogP contribution is -2.05. The van der Waals surface area contributed by atoms with Crippen molar-refractivity contribution >= 4 is 32.5 Å². The Morgan fingerprint density at radius 2 is 1.91 bits per heavy atom. The van der Waals surface area contributed by atoms with Crippen LogP contribution in [0.5, 0.6) is 5.75 Å². The first-order valence-electron chi connectivity index (χ1n) is 6.89. The zero-order valence-corrected chi connectivity index (χ0v) is 13.8. The van der Waals surface area contributed by atoms with E-state index in [9.17, 15) is 8.78 Å². The van der Waals surface area contributed by atoms with Crippen molar-refractivity contribution in [1.29, 1.82) is 0 Å². The molecule has 23 heavy (non-hydrogen) atoms. The Labute approximate surface area is 140 Å². The van der Waals surface area contributed by atoms with Crippen LogP contribution in [-0.2, 0) is 6.54 Å². The molecule has 1 heterocycles. The second-order valence-corrected chi connectivity index (χ2v) is 5.83. The van der Waals surface area contributed by atoms with Crippen molar-refractivity contribution in [3.8, 4) is 5.75 Å². The number of nitrogens with one attached hydrogen (secondary N) is 1. The third-order valence-electron chi connectivity index (χ3n) is 3.51. The molecule has 0 radical (unpaired) electrons. The van der Waals surface area contributed by atoms with E-state index in [2.05, 4.69) is 26.2 Å². The van der Waals surface area contributed by atoms with Gasteiger partial charge in [0.2, 0.25) is 0 Å². The number of rotatable bonds is 4. The van der Waals surface area contributed by atoms with Crippen LogP contribution < -0.4 is 10.1 Å². The van der Waals surface area contributed by atoms with E-state index in [1.165, 1.54) is 12.1 Å². The molecule has 0 atom stereocenters. The summed E-state index contributed by atoms with van der Waals surface area (Å²) < 4.78 is 33.6. The molecular formula is C17H13BrF2N2O. The van der Waals surface area contributed by atoms with Crippen LogP contribution in [0.25, 0.3) is 10.9 Å². The van der Waals surface area contributed by atoms with Gasteiger partial charge in [-0.25, -0.2) is 8.78 Å². The fraction of sp³-hybridized carbons (Fsp3) is 0.118. The van der Waals surface area contributed by atoms with Crippen molar-refractivity contribution in [3.63, 3.8) is 0 Å². The van der Waals surface area contributed by atoms with Crippen LogP contribution in [0.4, 0.5) is 14.5 Å². The molecule has 0 fully saturated rings. The largest absolute Gasteiger partial charge is 0.496 e. The molecule has 118 valence electrons. The zero-order valence-electron chi connectivity index (χ0n) is 12.2. The van der Waals surface area contributed by atoms with Gasteiger partial charge in [-0.3, -0.25) is 4.98 Å². The molecule has 0 unspecified atom stereocenters. The van der Waals surface area contributed by atoms with E-state index in [1.807, 2.05) is 18.2 Å². The fourth-order valence-corrected chi connectivity index (χ4v) is 2.82. The van der Waals surface area contributed by atoms with Crippen molar-refractivity contribution in [1.82, 2.24) is 4.98 Å². The first-order valence-corrected chi connectivity index (χ1v) is 7.68. The minimum atomic E-state index is -0.602. The number of nitrogens with zero attached hydrogens (tertiary/aromatic N) is 1. The van der Waals surface area contributed by atoms with E-state index in [4.69, 9.17) is 4.74 Å². The predicted molar refractivity (Wildman–Crippen MR) is 89.7 cm³/mol. The number of halogens is 3. The molecule has 6 heteroatoms. The van der Waals surface area contributed by atoms with Gasteiger partial charge in [0, 0.05) is 28.5 Å². The Morgan fingerprint density at radius 1 is 1.17 bits per heavy atom. The fourth-order valence-electron chi connectivity index (χ4n) is 2.42. The molecule has 0 saturated carbocycles. The maximum Gasteiger partial charge on any atom is 0.132 e. The molecule has 0 spiro atoms. The van der Waals surface area contributed by atoms with Crippen LogP contribution in [0, 0.1) is 11.6 Å². The van der Waals surface area contributed by atoms with Gasteiger partial charge < -0.3 is 10.1 Å². The third kappa shape index (κ3) is 3.12. The quantitative estimate of drug-likeness (QED) is 0.701. The Balaban J connectivity index is 1.97. The van der Waals surface area contributed by atoms with Crippen LogP contribution >= 0.6 is 15.9 Å². The molecular weight excluding hydrogens is 366 g/mol. The van der Waals surface area contributed by atoms with Gasteiger partial charge in [0.25, 0.3) is 0 Å². The van der Waals surface area contributed by atoms with E-state index in [0.29, 0.717) is 15.9 Å². The average molecular weight is 379 g/mol. The lowest BCUT2D eigenvalue weighted by atomic mass is 10.1. The van der Waals surface area contributed by atoms with Crippen LogP contribution in [0.2, 0.25) is 0 Å². The minimum Gasteiger partial charge on any atom is -0.496 e. The molecule has 0 aliphatic carbocycles. The van der Waals surface area contributed by atoms with Gasteiger partial charge in [0.1, 0.15) is 17.4 Å². The monoisotopic (exact) mass is 378 g/mol. The summed E-state index contributed by atoms with van der Waals surface area (Å²) in [5.74, 6) is -0.556. The predicted octanol–water partition coefficient (Wildman–Crippen LogP) is 4.90. The number of methoxy groups -OCH3 is 1. The summed E-state index contributed by atoms with van der Waals surface area (Å²) in [6.45, 7) is 0.0160. The number of ether oxygens (including phenoxy) is 1. The van der Waals surface area contributed by atoms with Crippen molar-refractivity contribution in [2.24, 2.45) is 0 Å². The molecule has 3 nitrogen and oxygen atoms in total. The summed E-state index contributed by atoms with van der Waals surface area (Å²) in [5, 5.41) is 3.84. The molecule has 2 aromatic carbocycles.